The number of carbonyl (C=O) groups is 1. The smallest absolute Gasteiger partial charge is 0.137 e. The second kappa shape index (κ2) is 5.22. The van der Waals surface area contributed by atoms with E-state index >= 15 is 0 Å². The summed E-state index contributed by atoms with van der Waals surface area (Å²) in [5.41, 5.74) is 0. The first kappa shape index (κ1) is 11.9. The van der Waals surface area contributed by atoms with Crippen molar-refractivity contribution in [3.05, 3.63) is 18.5 Å². The number of likely N-dealkylation sites (tertiary alicyclic amines) is 1. The van der Waals surface area contributed by atoms with Crippen molar-refractivity contribution in [2.45, 2.75) is 44.7 Å². The van der Waals surface area contributed by atoms with Crippen LogP contribution in [-0.2, 0) is 11.3 Å². The van der Waals surface area contributed by atoms with Crippen molar-refractivity contribution in [3.8, 4) is 0 Å². The molecule has 1 aliphatic heterocycles. The first-order chi connectivity index (χ1) is 8.84. The van der Waals surface area contributed by atoms with Gasteiger partial charge in [0.2, 0.25) is 0 Å². The number of rotatable bonds is 4. The van der Waals surface area contributed by atoms with E-state index in [9.17, 15) is 4.79 Å². The largest absolute Gasteiger partial charge is 0.299 e. The zero-order chi connectivity index (χ0) is 12.4. The highest BCUT2D eigenvalue weighted by molar-refractivity contribution is 5.83. The molecule has 2 unspecified atom stereocenters. The zero-order valence-electron chi connectivity index (χ0n) is 10.8. The van der Waals surface area contributed by atoms with E-state index in [0.717, 1.165) is 38.9 Å². The third-order valence-electron chi connectivity index (χ3n) is 4.41. The second-order valence-corrected chi connectivity index (χ2v) is 5.48. The van der Waals surface area contributed by atoms with Crippen LogP contribution in [0.2, 0.25) is 0 Å². The van der Waals surface area contributed by atoms with Crippen LogP contribution < -0.4 is 0 Å². The summed E-state index contributed by atoms with van der Waals surface area (Å²) in [5, 5.41) is 4.24. The van der Waals surface area contributed by atoms with Crippen molar-refractivity contribution >= 4 is 5.78 Å². The van der Waals surface area contributed by atoms with Gasteiger partial charge in [0, 0.05) is 37.3 Å². The van der Waals surface area contributed by atoms with Gasteiger partial charge in [-0.05, 0) is 38.3 Å². The minimum absolute atomic E-state index is 0.324. The Morgan fingerprint density at radius 3 is 2.94 bits per heavy atom. The van der Waals surface area contributed by atoms with Crippen LogP contribution in [-0.4, -0.2) is 39.6 Å². The quantitative estimate of drug-likeness (QED) is 0.813. The van der Waals surface area contributed by atoms with Gasteiger partial charge in [0.05, 0.1) is 6.54 Å². The summed E-state index contributed by atoms with van der Waals surface area (Å²) in [6.45, 7) is 3.11. The van der Waals surface area contributed by atoms with Crippen LogP contribution in [0.15, 0.2) is 18.5 Å². The molecule has 0 bridgehead atoms. The Balaban J connectivity index is 1.59. The Hall–Kier alpha value is -1.16. The summed E-state index contributed by atoms with van der Waals surface area (Å²) in [6, 6.07) is 2.47. The number of hydrogen-bond acceptors (Lipinski definition) is 3. The zero-order valence-corrected chi connectivity index (χ0v) is 10.8. The van der Waals surface area contributed by atoms with Gasteiger partial charge in [0.25, 0.3) is 0 Å². The first-order valence-corrected chi connectivity index (χ1v) is 7.09. The second-order valence-electron chi connectivity index (χ2n) is 5.48. The maximum absolute atomic E-state index is 11.9. The lowest BCUT2D eigenvalue weighted by Gasteiger charge is -2.28. The molecule has 2 atom stereocenters. The van der Waals surface area contributed by atoms with Crippen LogP contribution in [0.3, 0.4) is 0 Å². The predicted octanol–water partition coefficient (Wildman–Crippen LogP) is 1.72. The Kier molecular flexibility index (Phi) is 3.46. The van der Waals surface area contributed by atoms with Crippen molar-refractivity contribution in [2.24, 2.45) is 5.92 Å². The number of ketones is 1. The highest BCUT2D eigenvalue weighted by Gasteiger charge is 2.37. The molecule has 0 amide bonds. The van der Waals surface area contributed by atoms with Crippen molar-refractivity contribution in [1.29, 1.82) is 0 Å². The van der Waals surface area contributed by atoms with E-state index in [1.807, 2.05) is 23.1 Å². The van der Waals surface area contributed by atoms with E-state index in [-0.39, 0.29) is 0 Å². The Morgan fingerprint density at radius 1 is 1.28 bits per heavy atom. The van der Waals surface area contributed by atoms with Gasteiger partial charge >= 0.3 is 0 Å². The molecule has 1 aliphatic carbocycles. The van der Waals surface area contributed by atoms with E-state index in [1.165, 1.54) is 12.8 Å². The number of hydrogen-bond donors (Lipinski definition) is 0. The van der Waals surface area contributed by atoms with Gasteiger partial charge in [0.1, 0.15) is 5.78 Å². The minimum atomic E-state index is 0.324. The third kappa shape index (κ3) is 2.34. The summed E-state index contributed by atoms with van der Waals surface area (Å²) in [7, 11) is 0. The molecule has 1 saturated heterocycles. The third-order valence-corrected chi connectivity index (χ3v) is 4.41. The molecule has 2 fully saturated rings. The van der Waals surface area contributed by atoms with Crippen molar-refractivity contribution in [3.63, 3.8) is 0 Å². The maximum atomic E-state index is 11.9. The van der Waals surface area contributed by atoms with Crippen LogP contribution in [0.4, 0.5) is 0 Å². The monoisotopic (exact) mass is 247 g/mol. The van der Waals surface area contributed by atoms with Crippen LogP contribution in [0.25, 0.3) is 0 Å². The molecule has 2 heterocycles. The number of aromatic nitrogens is 2. The standard InChI is InChI=1S/C14H21N3O/c18-14-6-1-4-12(14)13-5-2-8-16(13)10-11-17-9-3-7-15-17/h3,7,9,12-13H,1-2,4-6,8,10-11H2. The highest BCUT2D eigenvalue weighted by atomic mass is 16.1. The molecule has 98 valence electrons. The molecule has 4 heteroatoms. The fourth-order valence-corrected chi connectivity index (χ4v) is 3.50. The van der Waals surface area contributed by atoms with Crippen molar-refractivity contribution in [1.82, 2.24) is 14.7 Å². The van der Waals surface area contributed by atoms with Gasteiger partial charge in [-0.2, -0.15) is 5.10 Å². The first-order valence-electron chi connectivity index (χ1n) is 7.09. The van der Waals surface area contributed by atoms with Gasteiger partial charge in [-0.3, -0.25) is 14.4 Å². The van der Waals surface area contributed by atoms with Gasteiger partial charge < -0.3 is 0 Å². The summed E-state index contributed by atoms with van der Waals surface area (Å²) in [5.74, 6) is 0.830. The average molecular weight is 247 g/mol. The van der Waals surface area contributed by atoms with Gasteiger partial charge in [-0.1, -0.05) is 0 Å². The lowest BCUT2D eigenvalue weighted by Crippen LogP contribution is -2.39. The molecule has 0 N–H and O–H groups in total. The van der Waals surface area contributed by atoms with Crippen molar-refractivity contribution in [2.75, 3.05) is 13.1 Å². The topological polar surface area (TPSA) is 38.1 Å². The Labute approximate surface area is 108 Å². The summed E-state index contributed by atoms with van der Waals surface area (Å²) >= 11 is 0. The van der Waals surface area contributed by atoms with Crippen molar-refractivity contribution < 1.29 is 4.79 Å². The molecule has 2 aliphatic rings. The van der Waals surface area contributed by atoms with Crippen LogP contribution in [0.1, 0.15) is 32.1 Å². The molecule has 0 aromatic carbocycles. The molecule has 3 rings (SSSR count). The van der Waals surface area contributed by atoms with E-state index < -0.39 is 0 Å². The molecular weight excluding hydrogens is 226 g/mol. The highest BCUT2D eigenvalue weighted by Crippen LogP contribution is 2.33. The number of Topliss-reactive ketones (excluding diaryl/α,β-unsaturated/α-hetero) is 1. The molecule has 0 spiro atoms. The average Bonchev–Trinajstić information content (AvgIpc) is 3.06. The van der Waals surface area contributed by atoms with E-state index in [2.05, 4.69) is 10.00 Å². The molecule has 1 aromatic rings. The Morgan fingerprint density at radius 2 is 2.22 bits per heavy atom. The van der Waals surface area contributed by atoms with Gasteiger partial charge in [-0.25, -0.2) is 0 Å². The van der Waals surface area contributed by atoms with Crippen LogP contribution in [0, 0.1) is 5.92 Å². The lowest BCUT2D eigenvalue weighted by molar-refractivity contribution is -0.122. The molecule has 4 nitrogen and oxygen atoms in total. The van der Waals surface area contributed by atoms with Crippen LogP contribution in [0.5, 0.6) is 0 Å². The van der Waals surface area contributed by atoms with E-state index in [0.29, 0.717) is 17.7 Å². The number of carbonyl (C=O) groups excluding carboxylic acids is 1. The van der Waals surface area contributed by atoms with Gasteiger partial charge in [0.15, 0.2) is 0 Å². The van der Waals surface area contributed by atoms with Crippen LogP contribution >= 0.6 is 0 Å². The molecule has 18 heavy (non-hydrogen) atoms. The maximum Gasteiger partial charge on any atom is 0.137 e. The molecule has 1 saturated carbocycles. The normalized spacial score (nSPS) is 29.2. The predicted molar refractivity (Wildman–Crippen MR) is 69.2 cm³/mol. The Bertz CT molecular complexity index is 401. The van der Waals surface area contributed by atoms with Gasteiger partial charge in [-0.15, -0.1) is 0 Å². The summed E-state index contributed by atoms with van der Waals surface area (Å²) in [6.07, 6.45) is 9.31. The lowest BCUT2D eigenvalue weighted by atomic mass is 9.95. The fourth-order valence-electron chi connectivity index (χ4n) is 3.50. The SMILES string of the molecule is O=C1CCCC1C1CCCN1CCn1cccn1. The minimum Gasteiger partial charge on any atom is -0.299 e. The summed E-state index contributed by atoms with van der Waals surface area (Å²) < 4.78 is 1.98. The van der Waals surface area contributed by atoms with E-state index in [1.54, 1.807) is 0 Å². The van der Waals surface area contributed by atoms with E-state index in [4.69, 9.17) is 0 Å². The fraction of sp³-hybridized carbons (Fsp3) is 0.714. The summed E-state index contributed by atoms with van der Waals surface area (Å²) in [4.78, 5) is 14.4. The molecular formula is C14H21N3O. The molecule has 1 aromatic heterocycles. The molecule has 0 radical (unpaired) electrons. The number of nitrogens with zero attached hydrogens (tertiary/aromatic N) is 3.